The summed E-state index contributed by atoms with van der Waals surface area (Å²) in [6, 6.07) is 8.55. The molecule has 0 aliphatic carbocycles. The molecule has 100 valence electrons. The molecule has 1 aromatic carbocycles. The van der Waals surface area contributed by atoms with Crippen molar-refractivity contribution in [3.05, 3.63) is 35.7 Å². The molecule has 0 unspecified atom stereocenters. The lowest BCUT2D eigenvalue weighted by molar-refractivity contribution is 0.301. The molecule has 1 N–H and O–H groups in total. The summed E-state index contributed by atoms with van der Waals surface area (Å²) in [5.74, 6) is 0. The average molecular weight is 258 g/mol. The molecule has 0 radical (unpaired) electrons. The van der Waals surface area contributed by atoms with Crippen molar-refractivity contribution < 1.29 is 4.63 Å². The third-order valence-electron chi connectivity index (χ3n) is 3.54. The standard InChI is InChI=1S/C14H18N4O/c1-11-14(17-19-16-11)10-15-12-4-6-13(7-5-12)18-8-2-3-9-18/h4-7,15H,2-3,8-10H2,1H3. The molecule has 0 atom stereocenters. The summed E-state index contributed by atoms with van der Waals surface area (Å²) in [6.45, 7) is 4.88. The molecular formula is C14H18N4O. The molecule has 2 aromatic rings. The van der Waals surface area contributed by atoms with E-state index in [0.29, 0.717) is 6.54 Å². The van der Waals surface area contributed by atoms with E-state index in [1.807, 2.05) is 6.92 Å². The molecule has 2 heterocycles. The van der Waals surface area contributed by atoms with Gasteiger partial charge in [0.1, 0.15) is 11.4 Å². The molecule has 19 heavy (non-hydrogen) atoms. The van der Waals surface area contributed by atoms with Crippen LogP contribution >= 0.6 is 0 Å². The molecule has 1 saturated heterocycles. The minimum Gasteiger partial charge on any atom is -0.379 e. The monoisotopic (exact) mass is 258 g/mol. The maximum absolute atomic E-state index is 4.67. The average Bonchev–Trinajstić information content (AvgIpc) is 3.09. The number of nitrogens with one attached hydrogen (secondary N) is 1. The summed E-state index contributed by atoms with van der Waals surface area (Å²) in [5.41, 5.74) is 4.08. The van der Waals surface area contributed by atoms with E-state index in [1.54, 1.807) is 0 Å². The molecule has 0 saturated carbocycles. The Bertz CT molecular complexity index is 529. The third kappa shape index (κ3) is 2.70. The second-order valence-electron chi connectivity index (χ2n) is 4.89. The van der Waals surface area contributed by atoms with Crippen LogP contribution in [0.4, 0.5) is 11.4 Å². The number of anilines is 2. The summed E-state index contributed by atoms with van der Waals surface area (Å²) in [5, 5.41) is 10.9. The summed E-state index contributed by atoms with van der Waals surface area (Å²) < 4.78 is 4.67. The molecule has 0 amide bonds. The van der Waals surface area contributed by atoms with Gasteiger partial charge >= 0.3 is 0 Å². The van der Waals surface area contributed by atoms with E-state index in [2.05, 4.69) is 49.4 Å². The normalized spacial score (nSPS) is 14.9. The molecular weight excluding hydrogens is 240 g/mol. The Morgan fingerprint density at radius 1 is 1.16 bits per heavy atom. The fraction of sp³-hybridized carbons (Fsp3) is 0.429. The third-order valence-corrected chi connectivity index (χ3v) is 3.54. The van der Waals surface area contributed by atoms with E-state index in [-0.39, 0.29) is 0 Å². The number of benzene rings is 1. The molecule has 1 aliphatic heterocycles. The SMILES string of the molecule is Cc1nonc1CNc1ccc(N2CCCC2)cc1. The number of rotatable bonds is 4. The quantitative estimate of drug-likeness (QED) is 0.913. The van der Waals surface area contributed by atoms with Gasteiger partial charge in [0.2, 0.25) is 0 Å². The van der Waals surface area contributed by atoms with E-state index >= 15 is 0 Å². The predicted octanol–water partition coefficient (Wildman–Crippen LogP) is 2.59. The van der Waals surface area contributed by atoms with Gasteiger partial charge in [0.15, 0.2) is 0 Å². The Kier molecular flexibility index (Phi) is 3.35. The van der Waals surface area contributed by atoms with E-state index in [1.165, 1.54) is 31.6 Å². The molecule has 0 bridgehead atoms. The highest BCUT2D eigenvalue weighted by Gasteiger charge is 2.11. The van der Waals surface area contributed by atoms with Crippen LogP contribution in [-0.4, -0.2) is 23.4 Å². The highest BCUT2D eigenvalue weighted by Crippen LogP contribution is 2.22. The molecule has 1 fully saturated rings. The highest BCUT2D eigenvalue weighted by molar-refractivity contribution is 5.55. The van der Waals surface area contributed by atoms with Crippen molar-refractivity contribution in [3.63, 3.8) is 0 Å². The number of hydrogen-bond acceptors (Lipinski definition) is 5. The Morgan fingerprint density at radius 2 is 1.89 bits per heavy atom. The topological polar surface area (TPSA) is 54.2 Å². The van der Waals surface area contributed by atoms with Gasteiger partial charge in [0.05, 0.1) is 6.54 Å². The van der Waals surface area contributed by atoms with E-state index in [4.69, 9.17) is 0 Å². The van der Waals surface area contributed by atoms with Crippen LogP contribution in [-0.2, 0) is 6.54 Å². The van der Waals surface area contributed by atoms with Crippen LogP contribution in [0.5, 0.6) is 0 Å². The van der Waals surface area contributed by atoms with Crippen molar-refractivity contribution in [1.82, 2.24) is 10.3 Å². The highest BCUT2D eigenvalue weighted by atomic mass is 16.6. The van der Waals surface area contributed by atoms with Crippen molar-refractivity contribution in [2.45, 2.75) is 26.3 Å². The lowest BCUT2D eigenvalue weighted by Crippen LogP contribution is -2.17. The molecule has 0 spiro atoms. The van der Waals surface area contributed by atoms with Crippen LogP contribution < -0.4 is 10.2 Å². The van der Waals surface area contributed by atoms with Gasteiger partial charge in [-0.1, -0.05) is 10.3 Å². The first-order valence-corrected chi connectivity index (χ1v) is 6.70. The first-order chi connectivity index (χ1) is 9.33. The Balaban J connectivity index is 1.61. The Morgan fingerprint density at radius 3 is 2.53 bits per heavy atom. The number of aromatic nitrogens is 2. The predicted molar refractivity (Wildman–Crippen MR) is 74.3 cm³/mol. The second-order valence-corrected chi connectivity index (χ2v) is 4.89. The smallest absolute Gasteiger partial charge is 0.127 e. The zero-order valence-corrected chi connectivity index (χ0v) is 11.1. The van der Waals surface area contributed by atoms with Gasteiger partial charge in [-0.15, -0.1) is 0 Å². The fourth-order valence-corrected chi connectivity index (χ4v) is 2.36. The first kappa shape index (κ1) is 12.0. The lowest BCUT2D eigenvalue weighted by Gasteiger charge is -2.17. The van der Waals surface area contributed by atoms with Crippen molar-refractivity contribution in [1.29, 1.82) is 0 Å². The van der Waals surface area contributed by atoms with Gasteiger partial charge in [0, 0.05) is 24.5 Å². The lowest BCUT2D eigenvalue weighted by atomic mass is 10.2. The van der Waals surface area contributed by atoms with E-state index < -0.39 is 0 Å². The molecule has 3 rings (SSSR count). The van der Waals surface area contributed by atoms with Crippen molar-refractivity contribution in [2.75, 3.05) is 23.3 Å². The van der Waals surface area contributed by atoms with E-state index in [0.717, 1.165) is 17.1 Å². The van der Waals surface area contributed by atoms with Gasteiger partial charge in [0.25, 0.3) is 0 Å². The van der Waals surface area contributed by atoms with Gasteiger partial charge in [-0.3, -0.25) is 0 Å². The maximum Gasteiger partial charge on any atom is 0.127 e. The minimum atomic E-state index is 0.637. The van der Waals surface area contributed by atoms with Crippen LogP contribution in [0.3, 0.4) is 0 Å². The number of hydrogen-bond donors (Lipinski definition) is 1. The van der Waals surface area contributed by atoms with Gasteiger partial charge in [-0.05, 0) is 44.0 Å². The van der Waals surface area contributed by atoms with Gasteiger partial charge in [-0.25, -0.2) is 4.63 Å². The summed E-state index contributed by atoms with van der Waals surface area (Å²) in [4.78, 5) is 2.43. The zero-order chi connectivity index (χ0) is 13.1. The second kappa shape index (κ2) is 5.30. The fourth-order valence-electron chi connectivity index (χ4n) is 2.36. The van der Waals surface area contributed by atoms with Crippen LogP contribution in [0.25, 0.3) is 0 Å². The van der Waals surface area contributed by atoms with Crippen molar-refractivity contribution in [3.8, 4) is 0 Å². The first-order valence-electron chi connectivity index (χ1n) is 6.70. The summed E-state index contributed by atoms with van der Waals surface area (Å²) in [6.07, 6.45) is 2.61. The van der Waals surface area contributed by atoms with Gasteiger partial charge in [-0.2, -0.15) is 0 Å². The zero-order valence-electron chi connectivity index (χ0n) is 11.1. The maximum atomic E-state index is 4.67. The van der Waals surface area contributed by atoms with Crippen LogP contribution in [0, 0.1) is 6.92 Å². The summed E-state index contributed by atoms with van der Waals surface area (Å²) in [7, 11) is 0. The van der Waals surface area contributed by atoms with E-state index in [9.17, 15) is 0 Å². The number of aryl methyl sites for hydroxylation is 1. The minimum absolute atomic E-state index is 0.637. The Labute approximate surface area is 112 Å². The number of nitrogens with zero attached hydrogens (tertiary/aromatic N) is 3. The molecule has 1 aromatic heterocycles. The van der Waals surface area contributed by atoms with Crippen LogP contribution in [0.1, 0.15) is 24.2 Å². The van der Waals surface area contributed by atoms with Crippen molar-refractivity contribution >= 4 is 11.4 Å². The molecule has 1 aliphatic rings. The Hall–Kier alpha value is -2.04. The van der Waals surface area contributed by atoms with Crippen LogP contribution in [0.15, 0.2) is 28.9 Å². The summed E-state index contributed by atoms with van der Waals surface area (Å²) >= 11 is 0. The molecule has 5 nitrogen and oxygen atoms in total. The molecule has 5 heteroatoms. The largest absolute Gasteiger partial charge is 0.379 e. The van der Waals surface area contributed by atoms with Gasteiger partial charge < -0.3 is 10.2 Å². The van der Waals surface area contributed by atoms with Crippen LogP contribution in [0.2, 0.25) is 0 Å². The van der Waals surface area contributed by atoms with Crippen molar-refractivity contribution in [2.24, 2.45) is 0 Å².